The molecule has 0 spiro atoms. The molecule has 150 valence electrons. The number of aryl methyl sites for hydroxylation is 1. The van der Waals surface area contributed by atoms with Gasteiger partial charge in [-0.2, -0.15) is 0 Å². The van der Waals surface area contributed by atoms with Crippen molar-refractivity contribution < 1.29 is 14.3 Å². The van der Waals surface area contributed by atoms with E-state index in [0.717, 1.165) is 36.7 Å². The summed E-state index contributed by atoms with van der Waals surface area (Å²) in [5, 5.41) is 4.45. The lowest BCUT2D eigenvalue weighted by atomic mass is 10.2. The average molecular weight is 442 g/mol. The number of piperazine rings is 1. The predicted molar refractivity (Wildman–Crippen MR) is 114 cm³/mol. The molecule has 1 aliphatic rings. The monoisotopic (exact) mass is 441 g/mol. The number of carbonyl (C=O) groups excluding carboxylic acids is 2. The smallest absolute Gasteiger partial charge is 0.340 e. The summed E-state index contributed by atoms with van der Waals surface area (Å²) in [7, 11) is 1.33. The first-order valence-electron chi connectivity index (χ1n) is 8.78. The van der Waals surface area contributed by atoms with Gasteiger partial charge in [0.1, 0.15) is 5.00 Å². The number of nitrogens with one attached hydrogen (secondary N) is 1. The van der Waals surface area contributed by atoms with E-state index in [1.54, 1.807) is 12.1 Å². The van der Waals surface area contributed by atoms with Crippen LogP contribution in [-0.2, 0) is 9.53 Å². The van der Waals surface area contributed by atoms with Gasteiger partial charge in [0.15, 0.2) is 0 Å². The first kappa shape index (κ1) is 20.9. The maximum absolute atomic E-state index is 12.4. The van der Waals surface area contributed by atoms with Crippen LogP contribution >= 0.6 is 34.5 Å². The third-order valence-electron chi connectivity index (χ3n) is 4.52. The highest BCUT2D eigenvalue weighted by Crippen LogP contribution is 2.29. The number of ether oxygens (including phenoxy) is 1. The summed E-state index contributed by atoms with van der Waals surface area (Å²) in [4.78, 5) is 29.5. The molecule has 1 amide bonds. The van der Waals surface area contributed by atoms with Crippen LogP contribution in [0.4, 0.5) is 10.7 Å². The van der Waals surface area contributed by atoms with Crippen molar-refractivity contribution >= 4 is 57.1 Å². The summed E-state index contributed by atoms with van der Waals surface area (Å²) in [6.07, 6.45) is 0. The fraction of sp³-hybridized carbons (Fsp3) is 0.368. The van der Waals surface area contributed by atoms with Gasteiger partial charge in [-0.3, -0.25) is 9.69 Å². The minimum absolute atomic E-state index is 0.144. The van der Waals surface area contributed by atoms with Gasteiger partial charge in [0, 0.05) is 36.7 Å². The van der Waals surface area contributed by atoms with Crippen LogP contribution in [0, 0.1) is 6.92 Å². The van der Waals surface area contributed by atoms with Gasteiger partial charge in [0.25, 0.3) is 0 Å². The standard InChI is InChI=1S/C19H21Cl2N3O3S/c1-12-9-14(19(26)27-2)18(28-12)22-17(25)11-23-5-7-24(8-6-23)13-3-4-15(20)16(21)10-13/h3-4,9-10H,5-8,11H2,1-2H3,(H,22,25). The van der Waals surface area contributed by atoms with E-state index in [2.05, 4.69) is 15.1 Å². The van der Waals surface area contributed by atoms with Gasteiger partial charge in [0.05, 0.1) is 29.3 Å². The van der Waals surface area contributed by atoms with E-state index < -0.39 is 5.97 Å². The highest BCUT2D eigenvalue weighted by molar-refractivity contribution is 7.16. The Labute approximate surface area is 178 Å². The van der Waals surface area contributed by atoms with Crippen LogP contribution in [0.15, 0.2) is 24.3 Å². The number of hydrogen-bond acceptors (Lipinski definition) is 6. The number of rotatable bonds is 5. The number of carbonyl (C=O) groups is 2. The number of esters is 1. The molecule has 1 saturated heterocycles. The Morgan fingerprint density at radius 3 is 2.50 bits per heavy atom. The van der Waals surface area contributed by atoms with Crippen LogP contribution < -0.4 is 10.2 Å². The lowest BCUT2D eigenvalue weighted by molar-refractivity contribution is -0.117. The largest absolute Gasteiger partial charge is 0.465 e. The molecule has 0 radical (unpaired) electrons. The Balaban J connectivity index is 1.54. The van der Waals surface area contributed by atoms with Crippen molar-refractivity contribution in [3.8, 4) is 0 Å². The fourth-order valence-corrected chi connectivity index (χ4v) is 4.29. The lowest BCUT2D eigenvalue weighted by Crippen LogP contribution is -2.48. The van der Waals surface area contributed by atoms with Crippen LogP contribution in [-0.4, -0.2) is 56.6 Å². The summed E-state index contributed by atoms with van der Waals surface area (Å²) in [5.74, 6) is -0.593. The molecular formula is C19H21Cl2N3O3S. The zero-order chi connectivity index (χ0) is 20.3. The summed E-state index contributed by atoms with van der Waals surface area (Å²) in [6.45, 7) is 5.23. The third-order valence-corrected chi connectivity index (χ3v) is 6.23. The highest BCUT2D eigenvalue weighted by Gasteiger charge is 2.22. The molecule has 3 rings (SSSR count). The number of nitrogens with zero attached hydrogens (tertiary/aromatic N) is 2. The normalized spacial score (nSPS) is 14.8. The van der Waals surface area contributed by atoms with E-state index in [-0.39, 0.29) is 12.5 Å². The number of amides is 1. The molecule has 2 aromatic rings. The fourth-order valence-electron chi connectivity index (χ4n) is 3.08. The number of methoxy groups -OCH3 is 1. The minimum atomic E-state index is -0.449. The van der Waals surface area contributed by atoms with Gasteiger partial charge in [-0.1, -0.05) is 23.2 Å². The van der Waals surface area contributed by atoms with E-state index >= 15 is 0 Å². The second-order valence-electron chi connectivity index (χ2n) is 6.50. The molecule has 1 aromatic heterocycles. The van der Waals surface area contributed by atoms with Gasteiger partial charge in [-0.15, -0.1) is 11.3 Å². The molecule has 0 saturated carbocycles. The van der Waals surface area contributed by atoms with Crippen molar-refractivity contribution in [2.24, 2.45) is 0 Å². The topological polar surface area (TPSA) is 61.9 Å². The van der Waals surface area contributed by atoms with Crippen LogP contribution in [0.1, 0.15) is 15.2 Å². The van der Waals surface area contributed by atoms with Crippen LogP contribution in [0.2, 0.25) is 10.0 Å². The molecule has 28 heavy (non-hydrogen) atoms. The van der Waals surface area contributed by atoms with Crippen molar-refractivity contribution in [3.63, 3.8) is 0 Å². The Hall–Kier alpha value is -1.80. The first-order valence-corrected chi connectivity index (χ1v) is 10.4. The molecular weight excluding hydrogens is 421 g/mol. The maximum Gasteiger partial charge on any atom is 0.340 e. The number of hydrogen-bond donors (Lipinski definition) is 1. The van der Waals surface area contributed by atoms with E-state index in [9.17, 15) is 9.59 Å². The van der Waals surface area contributed by atoms with Crippen molar-refractivity contribution in [1.82, 2.24) is 4.90 Å². The third kappa shape index (κ3) is 4.97. The van der Waals surface area contributed by atoms with Crippen molar-refractivity contribution in [3.05, 3.63) is 44.8 Å². The molecule has 1 aromatic carbocycles. The molecule has 0 aliphatic carbocycles. The minimum Gasteiger partial charge on any atom is -0.465 e. The predicted octanol–water partition coefficient (Wildman–Crippen LogP) is 3.91. The van der Waals surface area contributed by atoms with Crippen molar-refractivity contribution in [2.45, 2.75) is 6.92 Å². The second kappa shape index (κ2) is 9.13. The van der Waals surface area contributed by atoms with E-state index in [0.29, 0.717) is 20.6 Å². The van der Waals surface area contributed by atoms with Crippen LogP contribution in [0.5, 0.6) is 0 Å². The zero-order valence-electron chi connectivity index (χ0n) is 15.6. The molecule has 9 heteroatoms. The average Bonchev–Trinajstić information content (AvgIpc) is 3.04. The molecule has 0 unspecified atom stereocenters. The van der Waals surface area contributed by atoms with Crippen molar-refractivity contribution in [2.75, 3.05) is 50.1 Å². The quantitative estimate of drug-likeness (QED) is 0.712. The van der Waals surface area contributed by atoms with Crippen molar-refractivity contribution in [1.29, 1.82) is 0 Å². The Morgan fingerprint density at radius 2 is 1.86 bits per heavy atom. The number of anilines is 2. The van der Waals surface area contributed by atoms with Crippen LogP contribution in [0.25, 0.3) is 0 Å². The number of halogens is 2. The van der Waals surface area contributed by atoms with E-state index in [1.807, 2.05) is 19.1 Å². The summed E-state index contributed by atoms with van der Waals surface area (Å²) in [5.41, 5.74) is 1.41. The molecule has 2 heterocycles. The summed E-state index contributed by atoms with van der Waals surface area (Å²) < 4.78 is 4.77. The summed E-state index contributed by atoms with van der Waals surface area (Å²) >= 11 is 13.4. The summed E-state index contributed by atoms with van der Waals surface area (Å²) in [6, 6.07) is 7.33. The SMILES string of the molecule is COC(=O)c1cc(C)sc1NC(=O)CN1CCN(c2ccc(Cl)c(Cl)c2)CC1. The molecule has 1 fully saturated rings. The van der Waals surface area contributed by atoms with Gasteiger partial charge in [-0.25, -0.2) is 4.79 Å². The highest BCUT2D eigenvalue weighted by atomic mass is 35.5. The lowest BCUT2D eigenvalue weighted by Gasteiger charge is -2.35. The van der Waals surface area contributed by atoms with Gasteiger partial charge >= 0.3 is 5.97 Å². The van der Waals surface area contributed by atoms with E-state index in [4.69, 9.17) is 27.9 Å². The first-order chi connectivity index (χ1) is 13.4. The molecule has 1 aliphatic heterocycles. The Kier molecular flexibility index (Phi) is 6.82. The molecule has 1 N–H and O–H groups in total. The number of benzene rings is 1. The van der Waals surface area contributed by atoms with Gasteiger partial charge < -0.3 is 15.0 Å². The second-order valence-corrected chi connectivity index (χ2v) is 8.57. The Morgan fingerprint density at radius 1 is 1.14 bits per heavy atom. The molecule has 6 nitrogen and oxygen atoms in total. The molecule has 0 bridgehead atoms. The number of thiophene rings is 1. The maximum atomic E-state index is 12.4. The van der Waals surface area contributed by atoms with Crippen LogP contribution in [0.3, 0.4) is 0 Å². The van der Waals surface area contributed by atoms with E-state index in [1.165, 1.54) is 18.4 Å². The zero-order valence-corrected chi connectivity index (χ0v) is 18.0. The van der Waals surface area contributed by atoms with Gasteiger partial charge in [-0.05, 0) is 31.2 Å². The molecule has 0 atom stereocenters. The van der Waals surface area contributed by atoms with Gasteiger partial charge in [0.2, 0.25) is 5.91 Å². The Bertz CT molecular complexity index is 879.